The van der Waals surface area contributed by atoms with Gasteiger partial charge in [0, 0.05) is 6.61 Å². The van der Waals surface area contributed by atoms with Crippen molar-refractivity contribution in [3.05, 3.63) is 35.4 Å². The standard InChI is InChI=1S/C16H22F3NO/c1-2-10-20-15(14-9-5-6-11-21-14)12-7-3-4-8-13(12)16(17,18)19/h3-4,7-8,14-15,20H,2,5-6,9-11H2,1H3. The van der Waals surface area contributed by atoms with Crippen molar-refractivity contribution in [1.82, 2.24) is 5.32 Å². The molecule has 1 saturated heterocycles. The third-order valence-electron chi connectivity index (χ3n) is 3.80. The van der Waals surface area contributed by atoms with E-state index in [1.807, 2.05) is 6.92 Å². The van der Waals surface area contributed by atoms with Crippen molar-refractivity contribution >= 4 is 0 Å². The minimum absolute atomic E-state index is 0.186. The van der Waals surface area contributed by atoms with Gasteiger partial charge in [0.2, 0.25) is 0 Å². The molecular weight excluding hydrogens is 279 g/mol. The number of alkyl halides is 3. The maximum absolute atomic E-state index is 13.2. The highest BCUT2D eigenvalue weighted by Gasteiger charge is 2.37. The van der Waals surface area contributed by atoms with E-state index in [1.54, 1.807) is 12.1 Å². The molecule has 0 radical (unpaired) electrons. The topological polar surface area (TPSA) is 21.3 Å². The fourth-order valence-corrected chi connectivity index (χ4v) is 2.80. The second kappa shape index (κ2) is 7.27. The first-order chi connectivity index (χ1) is 10.0. The number of ether oxygens (including phenoxy) is 1. The molecule has 1 N–H and O–H groups in total. The van der Waals surface area contributed by atoms with E-state index in [-0.39, 0.29) is 6.10 Å². The van der Waals surface area contributed by atoms with E-state index in [0.717, 1.165) is 31.7 Å². The minimum Gasteiger partial charge on any atom is -0.376 e. The minimum atomic E-state index is -4.34. The van der Waals surface area contributed by atoms with Crippen LogP contribution in [-0.2, 0) is 10.9 Å². The van der Waals surface area contributed by atoms with Crippen LogP contribution in [0.1, 0.15) is 49.8 Å². The lowest BCUT2D eigenvalue weighted by molar-refractivity contribution is -0.139. The van der Waals surface area contributed by atoms with Crippen molar-refractivity contribution in [3.8, 4) is 0 Å². The highest BCUT2D eigenvalue weighted by atomic mass is 19.4. The van der Waals surface area contributed by atoms with Gasteiger partial charge in [-0.15, -0.1) is 0 Å². The second-order valence-electron chi connectivity index (χ2n) is 5.42. The Balaban J connectivity index is 2.31. The van der Waals surface area contributed by atoms with Crippen LogP contribution in [0.3, 0.4) is 0 Å². The quantitative estimate of drug-likeness (QED) is 0.874. The molecule has 2 rings (SSSR count). The van der Waals surface area contributed by atoms with Crippen LogP contribution in [0.2, 0.25) is 0 Å². The molecule has 1 fully saturated rings. The number of hydrogen-bond acceptors (Lipinski definition) is 2. The zero-order chi connectivity index (χ0) is 15.3. The summed E-state index contributed by atoms with van der Waals surface area (Å²) in [7, 11) is 0. The van der Waals surface area contributed by atoms with Crippen LogP contribution in [0.15, 0.2) is 24.3 Å². The second-order valence-corrected chi connectivity index (χ2v) is 5.42. The molecule has 5 heteroatoms. The van der Waals surface area contributed by atoms with E-state index in [0.29, 0.717) is 18.7 Å². The van der Waals surface area contributed by atoms with Crippen molar-refractivity contribution in [2.75, 3.05) is 13.2 Å². The van der Waals surface area contributed by atoms with E-state index < -0.39 is 17.8 Å². The van der Waals surface area contributed by atoms with E-state index in [1.165, 1.54) is 6.07 Å². The van der Waals surface area contributed by atoms with Gasteiger partial charge in [-0.3, -0.25) is 0 Å². The number of rotatable bonds is 5. The van der Waals surface area contributed by atoms with Crippen LogP contribution in [0.4, 0.5) is 13.2 Å². The fraction of sp³-hybridized carbons (Fsp3) is 0.625. The number of hydrogen-bond donors (Lipinski definition) is 1. The molecule has 1 aromatic rings. The van der Waals surface area contributed by atoms with E-state index in [2.05, 4.69) is 5.32 Å². The van der Waals surface area contributed by atoms with Gasteiger partial charge in [0.15, 0.2) is 0 Å². The van der Waals surface area contributed by atoms with Gasteiger partial charge < -0.3 is 10.1 Å². The van der Waals surface area contributed by atoms with Gasteiger partial charge in [-0.05, 0) is 43.9 Å². The molecule has 0 bridgehead atoms. The summed E-state index contributed by atoms with van der Waals surface area (Å²) < 4.78 is 45.4. The Morgan fingerprint density at radius 1 is 1.29 bits per heavy atom. The number of halogens is 3. The molecule has 0 aromatic heterocycles. The largest absolute Gasteiger partial charge is 0.416 e. The van der Waals surface area contributed by atoms with Gasteiger partial charge in [0.05, 0.1) is 17.7 Å². The van der Waals surface area contributed by atoms with Crippen molar-refractivity contribution in [3.63, 3.8) is 0 Å². The summed E-state index contributed by atoms with van der Waals surface area (Å²) in [5.41, 5.74) is -0.266. The van der Waals surface area contributed by atoms with Crippen LogP contribution in [-0.4, -0.2) is 19.3 Å². The molecule has 2 nitrogen and oxygen atoms in total. The third kappa shape index (κ3) is 4.20. The molecule has 1 aromatic carbocycles. The molecule has 0 aliphatic carbocycles. The van der Waals surface area contributed by atoms with Gasteiger partial charge >= 0.3 is 6.18 Å². The number of nitrogens with one attached hydrogen (secondary N) is 1. The normalized spacial score (nSPS) is 21.2. The summed E-state index contributed by atoms with van der Waals surface area (Å²) in [6.07, 6.45) is -0.863. The molecule has 1 aliphatic rings. The predicted octanol–water partition coefficient (Wildman–Crippen LogP) is 4.32. The molecule has 1 aliphatic heterocycles. The first-order valence-corrected chi connectivity index (χ1v) is 7.55. The first-order valence-electron chi connectivity index (χ1n) is 7.55. The summed E-state index contributed by atoms with van der Waals surface area (Å²) in [5, 5.41) is 3.24. The Bertz CT molecular complexity index is 441. The summed E-state index contributed by atoms with van der Waals surface area (Å²) >= 11 is 0. The Morgan fingerprint density at radius 3 is 2.67 bits per heavy atom. The van der Waals surface area contributed by atoms with E-state index in [4.69, 9.17) is 4.74 Å². The maximum Gasteiger partial charge on any atom is 0.416 e. The smallest absolute Gasteiger partial charge is 0.376 e. The summed E-state index contributed by atoms with van der Waals surface area (Å²) in [6.45, 7) is 3.31. The Morgan fingerprint density at radius 2 is 2.05 bits per heavy atom. The van der Waals surface area contributed by atoms with Crippen LogP contribution in [0.25, 0.3) is 0 Å². The highest BCUT2D eigenvalue weighted by molar-refractivity contribution is 5.33. The Hall–Kier alpha value is -1.07. The molecule has 0 saturated carbocycles. The highest BCUT2D eigenvalue weighted by Crippen LogP contribution is 2.37. The van der Waals surface area contributed by atoms with Crippen LogP contribution < -0.4 is 5.32 Å². The monoisotopic (exact) mass is 301 g/mol. The SMILES string of the molecule is CCCNC(c1ccccc1C(F)(F)F)C1CCCCO1. The number of benzene rings is 1. The van der Waals surface area contributed by atoms with Gasteiger partial charge in [0.1, 0.15) is 0 Å². The molecule has 1 heterocycles. The third-order valence-corrected chi connectivity index (χ3v) is 3.80. The molecule has 21 heavy (non-hydrogen) atoms. The van der Waals surface area contributed by atoms with Gasteiger partial charge in [0.25, 0.3) is 0 Å². The van der Waals surface area contributed by atoms with Crippen molar-refractivity contribution in [2.24, 2.45) is 0 Å². The van der Waals surface area contributed by atoms with E-state index in [9.17, 15) is 13.2 Å². The van der Waals surface area contributed by atoms with Gasteiger partial charge in [-0.25, -0.2) is 0 Å². The van der Waals surface area contributed by atoms with Crippen molar-refractivity contribution in [1.29, 1.82) is 0 Å². The molecule has 0 amide bonds. The zero-order valence-electron chi connectivity index (χ0n) is 12.2. The van der Waals surface area contributed by atoms with Crippen LogP contribution in [0.5, 0.6) is 0 Å². The molecule has 0 spiro atoms. The first kappa shape index (κ1) is 16.3. The lowest BCUT2D eigenvalue weighted by Gasteiger charge is -2.33. The summed E-state index contributed by atoms with van der Waals surface area (Å²) in [5.74, 6) is 0. The van der Waals surface area contributed by atoms with Gasteiger partial charge in [-0.2, -0.15) is 13.2 Å². The molecule has 2 atom stereocenters. The molecular formula is C16H22F3NO. The predicted molar refractivity (Wildman–Crippen MR) is 76.1 cm³/mol. The van der Waals surface area contributed by atoms with Crippen LogP contribution in [0, 0.1) is 0 Å². The maximum atomic E-state index is 13.2. The Kier molecular flexibility index (Phi) is 5.65. The van der Waals surface area contributed by atoms with Gasteiger partial charge in [-0.1, -0.05) is 25.1 Å². The molecule has 118 valence electrons. The summed E-state index contributed by atoms with van der Waals surface area (Å²) in [4.78, 5) is 0. The average molecular weight is 301 g/mol. The summed E-state index contributed by atoms with van der Waals surface area (Å²) in [6, 6.07) is 5.41. The average Bonchev–Trinajstić information content (AvgIpc) is 2.48. The van der Waals surface area contributed by atoms with Crippen molar-refractivity contribution in [2.45, 2.75) is 50.9 Å². The van der Waals surface area contributed by atoms with E-state index >= 15 is 0 Å². The molecule has 2 unspecified atom stereocenters. The zero-order valence-corrected chi connectivity index (χ0v) is 12.2. The Labute approximate surface area is 123 Å². The fourth-order valence-electron chi connectivity index (χ4n) is 2.80. The lowest BCUT2D eigenvalue weighted by Crippen LogP contribution is -2.37. The van der Waals surface area contributed by atoms with Crippen molar-refractivity contribution < 1.29 is 17.9 Å². The lowest BCUT2D eigenvalue weighted by atomic mass is 9.92. The van der Waals surface area contributed by atoms with Crippen LogP contribution >= 0.6 is 0 Å².